The minimum atomic E-state index is -3.58. The average molecular weight is 295 g/mol. The standard InChI is InChI=1S/C12H13N3O2S2/c13-9-3-5-10(6-4-9)19(16,17)15-12-14-11(7-18-12)8-1-2-8/h3-8H,1-2,13H2,(H,14,15). The second-order valence-electron chi connectivity index (χ2n) is 4.53. The summed E-state index contributed by atoms with van der Waals surface area (Å²) < 4.78 is 26.7. The third kappa shape index (κ3) is 2.71. The number of sulfonamides is 1. The number of rotatable bonds is 4. The van der Waals surface area contributed by atoms with Gasteiger partial charge >= 0.3 is 0 Å². The molecule has 5 nitrogen and oxygen atoms in total. The summed E-state index contributed by atoms with van der Waals surface area (Å²) in [6.45, 7) is 0. The van der Waals surface area contributed by atoms with E-state index in [4.69, 9.17) is 5.73 Å². The molecule has 0 saturated heterocycles. The lowest BCUT2D eigenvalue weighted by molar-refractivity contribution is 0.601. The smallest absolute Gasteiger partial charge is 0.263 e. The minimum Gasteiger partial charge on any atom is -0.399 e. The van der Waals surface area contributed by atoms with E-state index < -0.39 is 10.0 Å². The van der Waals surface area contributed by atoms with Gasteiger partial charge in [0.15, 0.2) is 5.13 Å². The Morgan fingerprint density at radius 1 is 1.26 bits per heavy atom. The molecule has 0 aliphatic heterocycles. The summed E-state index contributed by atoms with van der Waals surface area (Å²) in [4.78, 5) is 4.49. The van der Waals surface area contributed by atoms with Gasteiger partial charge in [-0.3, -0.25) is 4.72 Å². The van der Waals surface area contributed by atoms with Gasteiger partial charge in [-0.15, -0.1) is 11.3 Å². The van der Waals surface area contributed by atoms with E-state index in [0.717, 1.165) is 18.5 Å². The van der Waals surface area contributed by atoms with Crippen LogP contribution in [0.1, 0.15) is 24.5 Å². The zero-order valence-electron chi connectivity index (χ0n) is 10.0. The fourth-order valence-corrected chi connectivity index (χ4v) is 3.77. The molecule has 1 saturated carbocycles. The van der Waals surface area contributed by atoms with Crippen LogP contribution in [0.4, 0.5) is 10.8 Å². The number of hydrogen-bond donors (Lipinski definition) is 2. The second-order valence-corrected chi connectivity index (χ2v) is 7.07. The molecule has 3 rings (SSSR count). The number of nitrogens with two attached hydrogens (primary N) is 1. The Hall–Kier alpha value is -1.60. The topological polar surface area (TPSA) is 85.1 Å². The van der Waals surface area contributed by atoms with Crippen LogP contribution in [0.5, 0.6) is 0 Å². The lowest BCUT2D eigenvalue weighted by Gasteiger charge is -2.05. The molecular formula is C12H13N3O2S2. The van der Waals surface area contributed by atoms with Gasteiger partial charge in [-0.05, 0) is 37.1 Å². The van der Waals surface area contributed by atoms with Crippen LogP contribution in [-0.2, 0) is 10.0 Å². The van der Waals surface area contributed by atoms with Crippen molar-refractivity contribution in [2.45, 2.75) is 23.7 Å². The summed E-state index contributed by atoms with van der Waals surface area (Å²) >= 11 is 1.32. The Balaban J connectivity index is 1.81. The predicted octanol–water partition coefficient (Wildman–Crippen LogP) is 2.40. The first-order valence-corrected chi connectivity index (χ1v) is 8.25. The first kappa shape index (κ1) is 12.4. The molecule has 0 atom stereocenters. The normalized spacial score (nSPS) is 15.4. The fourth-order valence-electron chi connectivity index (χ4n) is 1.72. The van der Waals surface area contributed by atoms with Crippen LogP contribution < -0.4 is 10.5 Å². The van der Waals surface area contributed by atoms with Gasteiger partial charge in [0.25, 0.3) is 10.0 Å². The number of benzene rings is 1. The van der Waals surface area contributed by atoms with Gasteiger partial charge in [0, 0.05) is 17.0 Å². The maximum absolute atomic E-state index is 12.1. The summed E-state index contributed by atoms with van der Waals surface area (Å²) in [5, 5.41) is 2.33. The summed E-state index contributed by atoms with van der Waals surface area (Å²) in [5.41, 5.74) is 7.06. The molecule has 3 N–H and O–H groups in total. The highest BCUT2D eigenvalue weighted by Gasteiger charge is 2.26. The van der Waals surface area contributed by atoms with Crippen LogP contribution >= 0.6 is 11.3 Å². The van der Waals surface area contributed by atoms with Crippen LogP contribution in [-0.4, -0.2) is 13.4 Å². The van der Waals surface area contributed by atoms with E-state index in [9.17, 15) is 8.42 Å². The largest absolute Gasteiger partial charge is 0.399 e. The average Bonchev–Trinajstić information content (AvgIpc) is 3.11. The van der Waals surface area contributed by atoms with E-state index in [2.05, 4.69) is 9.71 Å². The van der Waals surface area contributed by atoms with Crippen LogP contribution in [0, 0.1) is 0 Å². The lowest BCUT2D eigenvalue weighted by atomic mass is 10.3. The van der Waals surface area contributed by atoms with Crippen molar-refractivity contribution in [3.8, 4) is 0 Å². The molecule has 1 aliphatic rings. The van der Waals surface area contributed by atoms with Gasteiger partial charge in [-0.2, -0.15) is 0 Å². The molecule has 0 radical (unpaired) electrons. The minimum absolute atomic E-state index is 0.185. The van der Waals surface area contributed by atoms with E-state index in [1.807, 2.05) is 5.38 Å². The third-order valence-electron chi connectivity index (χ3n) is 2.93. The van der Waals surface area contributed by atoms with Crippen molar-refractivity contribution in [2.75, 3.05) is 10.5 Å². The second kappa shape index (κ2) is 4.50. The molecule has 0 bridgehead atoms. The van der Waals surface area contributed by atoms with E-state index in [1.54, 1.807) is 12.1 Å². The van der Waals surface area contributed by atoms with E-state index in [-0.39, 0.29) is 4.90 Å². The van der Waals surface area contributed by atoms with Crippen molar-refractivity contribution < 1.29 is 8.42 Å². The number of hydrogen-bond acceptors (Lipinski definition) is 5. The van der Waals surface area contributed by atoms with Gasteiger partial charge in [-0.25, -0.2) is 13.4 Å². The monoisotopic (exact) mass is 295 g/mol. The number of anilines is 2. The van der Waals surface area contributed by atoms with Crippen LogP contribution in [0.2, 0.25) is 0 Å². The summed E-state index contributed by atoms with van der Waals surface area (Å²) in [5.74, 6) is 0.519. The molecule has 7 heteroatoms. The number of nitrogens with zero attached hydrogens (tertiary/aromatic N) is 1. The molecule has 0 amide bonds. The Morgan fingerprint density at radius 3 is 2.58 bits per heavy atom. The molecule has 1 aromatic heterocycles. The highest BCUT2D eigenvalue weighted by atomic mass is 32.2. The molecule has 2 aromatic rings. The summed E-state index contributed by atoms with van der Waals surface area (Å²) in [6, 6.07) is 6.08. The molecule has 0 unspecified atom stereocenters. The lowest BCUT2D eigenvalue weighted by Crippen LogP contribution is -2.12. The third-order valence-corrected chi connectivity index (χ3v) is 5.19. The maximum atomic E-state index is 12.1. The summed E-state index contributed by atoms with van der Waals surface area (Å²) in [7, 11) is -3.58. The maximum Gasteiger partial charge on any atom is 0.263 e. The first-order valence-electron chi connectivity index (χ1n) is 5.88. The Labute approximate surface area is 115 Å². The van der Waals surface area contributed by atoms with Gasteiger partial charge in [0.1, 0.15) is 0 Å². The van der Waals surface area contributed by atoms with Gasteiger partial charge in [0.05, 0.1) is 10.6 Å². The van der Waals surface area contributed by atoms with Gasteiger partial charge in [0.2, 0.25) is 0 Å². The van der Waals surface area contributed by atoms with Crippen LogP contribution in [0.3, 0.4) is 0 Å². The molecule has 19 heavy (non-hydrogen) atoms. The van der Waals surface area contributed by atoms with Crippen molar-refractivity contribution in [2.24, 2.45) is 0 Å². The van der Waals surface area contributed by atoms with Crippen molar-refractivity contribution in [1.29, 1.82) is 0 Å². The Morgan fingerprint density at radius 2 is 1.95 bits per heavy atom. The number of thiazole rings is 1. The number of nitrogen functional groups attached to an aromatic ring is 1. The zero-order chi connectivity index (χ0) is 13.5. The first-order chi connectivity index (χ1) is 9.04. The fraction of sp³-hybridized carbons (Fsp3) is 0.250. The zero-order valence-corrected chi connectivity index (χ0v) is 11.7. The quantitative estimate of drug-likeness (QED) is 0.848. The van der Waals surface area contributed by atoms with E-state index in [0.29, 0.717) is 16.7 Å². The molecular weight excluding hydrogens is 282 g/mol. The number of nitrogens with one attached hydrogen (secondary N) is 1. The SMILES string of the molecule is Nc1ccc(S(=O)(=O)Nc2nc(C3CC3)cs2)cc1. The van der Waals surface area contributed by atoms with Crippen molar-refractivity contribution in [3.05, 3.63) is 35.3 Å². The van der Waals surface area contributed by atoms with Crippen LogP contribution in [0.15, 0.2) is 34.5 Å². The molecule has 1 heterocycles. The van der Waals surface area contributed by atoms with Crippen LogP contribution in [0.25, 0.3) is 0 Å². The van der Waals surface area contributed by atoms with Crippen molar-refractivity contribution in [1.82, 2.24) is 4.98 Å². The molecule has 100 valence electrons. The molecule has 0 spiro atoms. The molecule has 1 aliphatic carbocycles. The van der Waals surface area contributed by atoms with E-state index in [1.165, 1.54) is 23.5 Å². The highest BCUT2D eigenvalue weighted by Crippen LogP contribution is 2.41. The Kier molecular flexibility index (Phi) is 2.94. The van der Waals surface area contributed by atoms with Gasteiger partial charge < -0.3 is 5.73 Å². The Bertz CT molecular complexity index is 688. The predicted molar refractivity (Wildman–Crippen MR) is 75.8 cm³/mol. The highest BCUT2D eigenvalue weighted by molar-refractivity contribution is 7.93. The van der Waals surface area contributed by atoms with Crippen molar-refractivity contribution >= 4 is 32.2 Å². The van der Waals surface area contributed by atoms with Gasteiger partial charge in [-0.1, -0.05) is 0 Å². The summed E-state index contributed by atoms with van der Waals surface area (Å²) in [6.07, 6.45) is 2.29. The van der Waals surface area contributed by atoms with E-state index >= 15 is 0 Å². The van der Waals surface area contributed by atoms with Crippen molar-refractivity contribution in [3.63, 3.8) is 0 Å². The number of aromatic nitrogens is 1. The molecule has 1 aromatic carbocycles. The molecule has 1 fully saturated rings.